The summed E-state index contributed by atoms with van der Waals surface area (Å²) in [5.41, 5.74) is 4.61. The van der Waals surface area contributed by atoms with Crippen molar-refractivity contribution in [2.75, 3.05) is 0 Å². The van der Waals surface area contributed by atoms with Crippen LogP contribution in [0.3, 0.4) is 0 Å². The largest absolute Gasteiger partial charge is 0.349 e. The first-order chi connectivity index (χ1) is 9.97. The third-order valence-electron chi connectivity index (χ3n) is 3.69. The molecule has 21 heavy (non-hydrogen) atoms. The van der Waals surface area contributed by atoms with E-state index in [2.05, 4.69) is 47.2 Å². The van der Waals surface area contributed by atoms with E-state index in [0.29, 0.717) is 6.42 Å². The first kappa shape index (κ1) is 15.8. The number of hydrogen-bond donors (Lipinski definition) is 1. The van der Waals surface area contributed by atoms with Crippen molar-refractivity contribution in [1.82, 2.24) is 5.32 Å². The molecule has 2 aromatic carbocycles. The Labute approximate surface area is 134 Å². The van der Waals surface area contributed by atoms with Crippen LogP contribution < -0.4 is 5.32 Å². The zero-order valence-electron chi connectivity index (χ0n) is 12.6. The van der Waals surface area contributed by atoms with Gasteiger partial charge in [0.25, 0.3) is 0 Å². The van der Waals surface area contributed by atoms with Gasteiger partial charge in [-0.25, -0.2) is 0 Å². The maximum atomic E-state index is 12.2. The maximum Gasteiger partial charge on any atom is 0.224 e. The van der Waals surface area contributed by atoms with Gasteiger partial charge >= 0.3 is 0 Å². The molecule has 3 heteroatoms. The van der Waals surface area contributed by atoms with Crippen LogP contribution in [-0.4, -0.2) is 5.91 Å². The molecule has 0 bridgehead atoms. The minimum atomic E-state index is -0.0142. The maximum absolute atomic E-state index is 12.2. The number of halogens is 1. The fraction of sp³-hybridized carbons (Fsp3) is 0.278. The fourth-order valence-corrected chi connectivity index (χ4v) is 2.92. The molecule has 2 aromatic rings. The van der Waals surface area contributed by atoms with E-state index in [1.165, 1.54) is 11.1 Å². The predicted molar refractivity (Wildman–Crippen MR) is 90.3 cm³/mol. The number of carbonyl (C=O) groups excluding carboxylic acids is 1. The van der Waals surface area contributed by atoms with E-state index in [-0.39, 0.29) is 11.9 Å². The van der Waals surface area contributed by atoms with Crippen LogP contribution in [0.2, 0.25) is 0 Å². The van der Waals surface area contributed by atoms with Gasteiger partial charge in [-0.15, -0.1) is 0 Å². The average molecular weight is 346 g/mol. The third kappa shape index (κ3) is 4.18. The number of carbonyl (C=O) groups is 1. The van der Waals surface area contributed by atoms with Crippen LogP contribution in [-0.2, 0) is 11.2 Å². The van der Waals surface area contributed by atoms with E-state index in [1.54, 1.807) is 0 Å². The number of benzene rings is 2. The zero-order chi connectivity index (χ0) is 15.4. The lowest BCUT2D eigenvalue weighted by atomic mass is 10.0. The molecule has 110 valence electrons. The van der Waals surface area contributed by atoms with Gasteiger partial charge in [0.2, 0.25) is 5.91 Å². The first-order valence-electron chi connectivity index (χ1n) is 7.07. The number of rotatable bonds is 4. The summed E-state index contributed by atoms with van der Waals surface area (Å²) in [7, 11) is 0. The highest BCUT2D eigenvalue weighted by Gasteiger charge is 2.12. The monoisotopic (exact) mass is 345 g/mol. The van der Waals surface area contributed by atoms with E-state index in [0.717, 1.165) is 15.6 Å². The van der Waals surface area contributed by atoms with Crippen LogP contribution in [0.15, 0.2) is 46.9 Å². The highest BCUT2D eigenvalue weighted by molar-refractivity contribution is 9.10. The Morgan fingerprint density at radius 3 is 2.52 bits per heavy atom. The Kier molecular flexibility index (Phi) is 5.18. The van der Waals surface area contributed by atoms with Gasteiger partial charge in [0.1, 0.15) is 0 Å². The number of nitrogens with one attached hydrogen (secondary N) is 1. The van der Waals surface area contributed by atoms with E-state index in [4.69, 9.17) is 0 Å². The molecule has 2 nitrogen and oxygen atoms in total. The minimum Gasteiger partial charge on any atom is -0.349 e. The van der Waals surface area contributed by atoms with Crippen LogP contribution in [0.4, 0.5) is 0 Å². The van der Waals surface area contributed by atoms with Crippen molar-refractivity contribution in [2.24, 2.45) is 0 Å². The second kappa shape index (κ2) is 6.90. The summed E-state index contributed by atoms with van der Waals surface area (Å²) in [6, 6.07) is 14.1. The molecular weight excluding hydrogens is 326 g/mol. The molecule has 1 amide bonds. The molecule has 0 spiro atoms. The highest BCUT2D eigenvalue weighted by Crippen LogP contribution is 2.22. The highest BCUT2D eigenvalue weighted by atomic mass is 79.9. The van der Waals surface area contributed by atoms with Crippen molar-refractivity contribution >= 4 is 21.8 Å². The molecule has 0 saturated heterocycles. The number of hydrogen-bond acceptors (Lipinski definition) is 1. The summed E-state index contributed by atoms with van der Waals surface area (Å²) in [6.45, 7) is 6.15. The van der Waals surface area contributed by atoms with Crippen LogP contribution in [0.1, 0.15) is 35.2 Å². The summed E-state index contributed by atoms with van der Waals surface area (Å²) in [4.78, 5) is 12.2. The predicted octanol–water partition coefficient (Wildman–Crippen LogP) is 4.49. The van der Waals surface area contributed by atoms with Crippen molar-refractivity contribution in [3.63, 3.8) is 0 Å². The topological polar surface area (TPSA) is 29.1 Å². The molecule has 0 fully saturated rings. The SMILES string of the molecule is Cc1ccc(CC(=O)N[C@H](C)c2ccccc2Br)cc1C. The summed E-state index contributed by atoms with van der Waals surface area (Å²) >= 11 is 3.52. The molecule has 1 N–H and O–H groups in total. The van der Waals surface area contributed by atoms with Crippen molar-refractivity contribution < 1.29 is 4.79 Å². The molecule has 0 aromatic heterocycles. The van der Waals surface area contributed by atoms with Crippen LogP contribution in [0.5, 0.6) is 0 Å². The second-order valence-electron chi connectivity index (χ2n) is 5.41. The second-order valence-corrected chi connectivity index (χ2v) is 6.26. The lowest BCUT2D eigenvalue weighted by molar-refractivity contribution is -0.121. The molecule has 0 radical (unpaired) electrons. The number of amides is 1. The van der Waals surface area contributed by atoms with Gasteiger partial charge in [-0.3, -0.25) is 4.79 Å². The van der Waals surface area contributed by atoms with Gasteiger partial charge in [-0.2, -0.15) is 0 Å². The molecule has 0 heterocycles. The first-order valence-corrected chi connectivity index (χ1v) is 7.86. The van der Waals surface area contributed by atoms with Crippen molar-refractivity contribution in [1.29, 1.82) is 0 Å². The molecule has 0 aliphatic carbocycles. The zero-order valence-corrected chi connectivity index (χ0v) is 14.2. The lowest BCUT2D eigenvalue weighted by Gasteiger charge is -2.16. The molecule has 0 aliphatic rings. The van der Waals surface area contributed by atoms with E-state index in [1.807, 2.05) is 37.3 Å². The number of aryl methyl sites for hydroxylation is 2. The van der Waals surface area contributed by atoms with Gasteiger partial charge in [0.15, 0.2) is 0 Å². The average Bonchev–Trinajstić information content (AvgIpc) is 2.43. The Morgan fingerprint density at radius 1 is 1.14 bits per heavy atom. The smallest absolute Gasteiger partial charge is 0.224 e. The van der Waals surface area contributed by atoms with E-state index >= 15 is 0 Å². The van der Waals surface area contributed by atoms with Crippen LogP contribution in [0, 0.1) is 13.8 Å². The standard InChI is InChI=1S/C18H20BrNO/c1-12-8-9-15(10-13(12)2)11-18(21)20-14(3)16-6-4-5-7-17(16)19/h4-10,14H,11H2,1-3H3,(H,20,21)/t14-/m1/s1. The van der Waals surface area contributed by atoms with Gasteiger partial charge in [-0.1, -0.05) is 52.3 Å². The Hall–Kier alpha value is -1.61. The molecule has 2 rings (SSSR count). The Balaban J connectivity index is 2.01. The van der Waals surface area contributed by atoms with Crippen LogP contribution >= 0.6 is 15.9 Å². The summed E-state index contributed by atoms with van der Waals surface area (Å²) < 4.78 is 1.02. The summed E-state index contributed by atoms with van der Waals surface area (Å²) in [5, 5.41) is 3.05. The Bertz CT molecular complexity index is 651. The van der Waals surface area contributed by atoms with Crippen molar-refractivity contribution in [2.45, 2.75) is 33.2 Å². The lowest BCUT2D eigenvalue weighted by Crippen LogP contribution is -2.28. The molecular formula is C18H20BrNO. The van der Waals surface area contributed by atoms with Crippen LogP contribution in [0.25, 0.3) is 0 Å². The van der Waals surface area contributed by atoms with Crippen molar-refractivity contribution in [3.05, 3.63) is 69.2 Å². The quantitative estimate of drug-likeness (QED) is 0.869. The van der Waals surface area contributed by atoms with Gasteiger partial charge < -0.3 is 5.32 Å². The van der Waals surface area contributed by atoms with E-state index in [9.17, 15) is 4.79 Å². The summed E-state index contributed by atoms with van der Waals surface area (Å²) in [5.74, 6) is 0.0431. The molecule has 1 atom stereocenters. The van der Waals surface area contributed by atoms with Gasteiger partial charge in [0, 0.05) is 4.47 Å². The third-order valence-corrected chi connectivity index (χ3v) is 4.41. The van der Waals surface area contributed by atoms with E-state index < -0.39 is 0 Å². The molecule has 0 aliphatic heterocycles. The van der Waals surface area contributed by atoms with Gasteiger partial charge in [0.05, 0.1) is 12.5 Å². The molecule has 0 unspecified atom stereocenters. The minimum absolute atomic E-state index is 0.0142. The van der Waals surface area contributed by atoms with Crippen molar-refractivity contribution in [3.8, 4) is 0 Å². The normalized spacial score (nSPS) is 12.0. The van der Waals surface area contributed by atoms with Gasteiger partial charge in [-0.05, 0) is 49.1 Å². The molecule has 0 saturated carbocycles. The fourth-order valence-electron chi connectivity index (χ4n) is 2.30. The Morgan fingerprint density at radius 2 is 1.86 bits per heavy atom. The summed E-state index contributed by atoms with van der Waals surface area (Å²) in [6.07, 6.45) is 0.413.